The minimum atomic E-state index is -2.57. The minimum Gasteiger partial charge on any atom is -0.477 e. The smallest absolute Gasteiger partial charge is 0.354 e. The molecule has 3 rings (SSSR count). The summed E-state index contributed by atoms with van der Waals surface area (Å²) in [6, 6.07) is 7.05. The maximum absolute atomic E-state index is 12.8. The van der Waals surface area contributed by atoms with Gasteiger partial charge in [-0.2, -0.15) is 0 Å². The lowest BCUT2D eigenvalue weighted by molar-refractivity contribution is 0.0690. The van der Waals surface area contributed by atoms with Gasteiger partial charge in [0.2, 0.25) is 0 Å². The predicted molar refractivity (Wildman–Crippen MR) is 121 cm³/mol. The molecule has 7 heteroatoms. The zero-order valence-electron chi connectivity index (χ0n) is 18.5. The summed E-state index contributed by atoms with van der Waals surface area (Å²) < 4.78 is 0. The highest BCUT2D eigenvalue weighted by atomic mass is 28.3. The molecule has 0 fully saturated rings. The van der Waals surface area contributed by atoms with Gasteiger partial charge in [-0.1, -0.05) is 47.6 Å². The highest BCUT2D eigenvalue weighted by molar-refractivity contribution is 6.86. The van der Waals surface area contributed by atoms with Gasteiger partial charge in [0.05, 0.1) is 0 Å². The number of fused-ring (bicyclic) bond motifs is 1. The molecule has 0 saturated heterocycles. The zero-order chi connectivity index (χ0) is 22.3. The lowest BCUT2D eigenvalue weighted by Crippen LogP contribution is -2.63. The van der Waals surface area contributed by atoms with Gasteiger partial charge in [-0.25, -0.2) is 14.8 Å². The third-order valence-electron chi connectivity index (χ3n) is 6.73. The molecule has 0 saturated carbocycles. The number of aromatic carboxylic acids is 1. The number of carboxylic acids is 1. The topological polar surface area (TPSA) is 99.1 Å². The molecule has 3 aromatic rings. The molecule has 0 spiro atoms. The van der Waals surface area contributed by atoms with Crippen LogP contribution in [0.15, 0.2) is 42.9 Å². The van der Waals surface area contributed by atoms with E-state index in [1.807, 2.05) is 18.3 Å². The Balaban J connectivity index is 2.43. The van der Waals surface area contributed by atoms with Crippen molar-refractivity contribution in [3.8, 4) is 0 Å². The van der Waals surface area contributed by atoms with Crippen LogP contribution in [0.5, 0.6) is 0 Å². The van der Waals surface area contributed by atoms with Crippen LogP contribution in [0.2, 0.25) is 16.6 Å². The number of carboxylic acid groups (broad SMARTS) is 1. The third kappa shape index (κ3) is 3.08. The summed E-state index contributed by atoms with van der Waals surface area (Å²) in [6.07, 6.45) is 5.12. The van der Waals surface area contributed by atoms with Crippen molar-refractivity contribution < 1.29 is 15.0 Å². The maximum atomic E-state index is 12.8. The van der Waals surface area contributed by atoms with Crippen LogP contribution in [0.25, 0.3) is 11.0 Å². The summed E-state index contributed by atoms with van der Waals surface area (Å²) in [7, 11) is -2.57. The summed E-state index contributed by atoms with van der Waals surface area (Å²) in [6.45, 7) is 13.2. The Morgan fingerprint density at radius 3 is 2.17 bits per heavy atom. The van der Waals surface area contributed by atoms with Crippen LogP contribution < -0.4 is 0 Å². The molecule has 0 aliphatic rings. The first-order valence-corrected chi connectivity index (χ1v) is 12.7. The van der Waals surface area contributed by atoms with Crippen molar-refractivity contribution in [2.45, 2.75) is 63.4 Å². The molecule has 0 radical (unpaired) electrons. The Hall–Kier alpha value is -2.51. The van der Waals surface area contributed by atoms with E-state index in [1.165, 1.54) is 12.3 Å². The first-order chi connectivity index (χ1) is 14.1. The van der Waals surface area contributed by atoms with Crippen molar-refractivity contribution in [2.24, 2.45) is 0 Å². The van der Waals surface area contributed by atoms with Crippen LogP contribution in [0.3, 0.4) is 0 Å². The lowest BCUT2D eigenvalue weighted by Gasteiger charge is -2.54. The fourth-order valence-corrected chi connectivity index (χ4v) is 13.7. The summed E-state index contributed by atoms with van der Waals surface area (Å²) in [5.74, 6) is -1.08. The monoisotopic (exact) mass is 425 g/mol. The lowest BCUT2D eigenvalue weighted by atomic mass is 10.0. The number of rotatable bonds is 7. The maximum Gasteiger partial charge on any atom is 0.354 e. The zero-order valence-corrected chi connectivity index (χ0v) is 19.5. The van der Waals surface area contributed by atoms with E-state index in [4.69, 9.17) is 0 Å². The van der Waals surface area contributed by atoms with Crippen LogP contribution in [0, 0.1) is 0 Å². The normalized spacial score (nSPS) is 14.6. The van der Waals surface area contributed by atoms with Gasteiger partial charge < -0.3 is 15.2 Å². The molecule has 6 nitrogen and oxygen atoms in total. The average molecular weight is 426 g/mol. The second-order valence-electron chi connectivity index (χ2n) is 8.95. The van der Waals surface area contributed by atoms with E-state index >= 15 is 0 Å². The van der Waals surface area contributed by atoms with Gasteiger partial charge in [-0.05, 0) is 34.8 Å². The average Bonchev–Trinajstić information content (AvgIpc) is 3.12. The molecule has 0 bridgehead atoms. The van der Waals surface area contributed by atoms with Crippen molar-refractivity contribution >= 4 is 25.1 Å². The predicted octanol–water partition coefficient (Wildman–Crippen LogP) is 5.11. The van der Waals surface area contributed by atoms with Gasteiger partial charge in [0, 0.05) is 35.1 Å². The van der Waals surface area contributed by atoms with Crippen LogP contribution in [0.1, 0.15) is 63.2 Å². The van der Waals surface area contributed by atoms with Crippen molar-refractivity contribution in [3.05, 3.63) is 59.7 Å². The van der Waals surface area contributed by atoms with Crippen LogP contribution in [-0.4, -0.2) is 39.2 Å². The van der Waals surface area contributed by atoms with Gasteiger partial charge in [-0.15, -0.1) is 0 Å². The molecule has 0 aliphatic carbocycles. The standard InChI is InChI=1S/C23H31N3O3Si/c1-14(2)30(15(3)4,16(5)6)23(29,17-9-10-20(22(27)28)25-12-17)19-13-26-21-18(19)8-7-11-24-21/h7-16,29H,1-6H3,(H,24,26)(H,27,28). The molecule has 0 amide bonds. The quantitative estimate of drug-likeness (QED) is 0.457. The third-order valence-corrected chi connectivity index (χ3v) is 14.3. The van der Waals surface area contributed by atoms with E-state index in [2.05, 4.69) is 56.5 Å². The number of hydrogen-bond acceptors (Lipinski definition) is 4. The molecule has 3 heterocycles. The largest absolute Gasteiger partial charge is 0.477 e. The number of carbonyl (C=O) groups is 1. The number of aliphatic hydroxyl groups is 1. The molecule has 3 aromatic heterocycles. The molecule has 0 aromatic carbocycles. The van der Waals surface area contributed by atoms with E-state index in [1.54, 1.807) is 12.3 Å². The van der Waals surface area contributed by atoms with Crippen molar-refractivity contribution in [2.75, 3.05) is 0 Å². The van der Waals surface area contributed by atoms with Crippen LogP contribution in [0.4, 0.5) is 0 Å². The SMILES string of the molecule is CC(C)[Si](C(C)C)(C(C)C)C(O)(c1ccc(C(=O)O)nc1)c1c[nH]c2ncccc12. The van der Waals surface area contributed by atoms with Gasteiger partial charge in [0.15, 0.2) is 0 Å². The van der Waals surface area contributed by atoms with E-state index in [0.717, 1.165) is 16.6 Å². The molecule has 0 aliphatic heterocycles. The van der Waals surface area contributed by atoms with E-state index in [-0.39, 0.29) is 22.3 Å². The molecule has 160 valence electrons. The van der Waals surface area contributed by atoms with E-state index in [0.29, 0.717) is 5.56 Å². The van der Waals surface area contributed by atoms with Gasteiger partial charge in [0.25, 0.3) is 0 Å². The second-order valence-corrected chi connectivity index (χ2v) is 15.0. The van der Waals surface area contributed by atoms with Crippen molar-refractivity contribution in [1.29, 1.82) is 0 Å². The van der Waals surface area contributed by atoms with Crippen LogP contribution in [-0.2, 0) is 5.22 Å². The molecule has 30 heavy (non-hydrogen) atoms. The molecule has 1 unspecified atom stereocenters. The Labute approximate surface area is 178 Å². The van der Waals surface area contributed by atoms with Gasteiger partial charge >= 0.3 is 5.97 Å². The first kappa shape index (κ1) is 22.2. The summed E-state index contributed by atoms with van der Waals surface area (Å²) >= 11 is 0. The summed E-state index contributed by atoms with van der Waals surface area (Å²) in [5.41, 5.74) is 2.88. The van der Waals surface area contributed by atoms with Crippen molar-refractivity contribution in [3.63, 3.8) is 0 Å². The summed E-state index contributed by atoms with van der Waals surface area (Å²) in [5, 5.41) is 21.7. The number of H-pyrrole nitrogens is 1. The number of aromatic nitrogens is 3. The molecular formula is C23H31N3O3Si. The minimum absolute atomic E-state index is 0.0346. The Morgan fingerprint density at radius 1 is 1.03 bits per heavy atom. The van der Waals surface area contributed by atoms with Crippen molar-refractivity contribution in [1.82, 2.24) is 15.0 Å². The molecule has 1 atom stereocenters. The van der Waals surface area contributed by atoms with E-state index in [9.17, 15) is 15.0 Å². The number of nitrogens with zero attached hydrogens (tertiary/aromatic N) is 2. The fraction of sp³-hybridized carbons (Fsp3) is 0.435. The number of hydrogen-bond donors (Lipinski definition) is 3. The Morgan fingerprint density at radius 2 is 1.67 bits per heavy atom. The number of pyridine rings is 2. The van der Waals surface area contributed by atoms with E-state index < -0.39 is 19.3 Å². The summed E-state index contributed by atoms with van der Waals surface area (Å²) in [4.78, 5) is 23.2. The second kappa shape index (κ2) is 7.96. The molecule has 3 N–H and O–H groups in total. The Bertz CT molecular complexity index is 1020. The Kier molecular flexibility index (Phi) is 5.89. The first-order valence-electron chi connectivity index (χ1n) is 10.4. The fourth-order valence-electron chi connectivity index (χ4n) is 5.88. The highest BCUT2D eigenvalue weighted by Gasteiger charge is 2.60. The highest BCUT2D eigenvalue weighted by Crippen LogP contribution is 2.56. The van der Waals surface area contributed by atoms with Gasteiger partial charge in [0.1, 0.15) is 24.6 Å². The number of nitrogens with one attached hydrogen (secondary N) is 1. The molecular weight excluding hydrogens is 394 g/mol. The number of aromatic amines is 1. The van der Waals surface area contributed by atoms with Crippen LogP contribution >= 0.6 is 0 Å². The van der Waals surface area contributed by atoms with Gasteiger partial charge in [-0.3, -0.25) is 0 Å².